The van der Waals surface area contributed by atoms with Crippen molar-refractivity contribution in [2.24, 2.45) is 11.8 Å². The van der Waals surface area contributed by atoms with Crippen LogP contribution in [0.5, 0.6) is 0 Å². The second kappa shape index (κ2) is 9.69. The lowest BCUT2D eigenvalue weighted by Crippen LogP contribution is -2.43. The third kappa shape index (κ3) is 5.37. The van der Waals surface area contributed by atoms with Gasteiger partial charge in [-0.05, 0) is 24.0 Å². The molecule has 0 unspecified atom stereocenters. The van der Waals surface area contributed by atoms with Crippen LogP contribution < -0.4 is 21.9 Å². The number of aromatic nitrogens is 3. The zero-order chi connectivity index (χ0) is 22.7. The molecule has 0 saturated carbocycles. The van der Waals surface area contributed by atoms with Crippen LogP contribution in [0.3, 0.4) is 0 Å². The molecule has 166 valence electrons. The Morgan fingerprint density at radius 1 is 1.23 bits per heavy atom. The van der Waals surface area contributed by atoms with Crippen LogP contribution >= 0.6 is 23.1 Å². The zero-order valence-electron chi connectivity index (χ0n) is 18.0. The second-order valence-corrected chi connectivity index (χ2v) is 10.4. The van der Waals surface area contributed by atoms with Crippen molar-refractivity contribution < 1.29 is 4.79 Å². The minimum absolute atomic E-state index is 0.0152. The molecule has 0 radical (unpaired) electrons. The van der Waals surface area contributed by atoms with Gasteiger partial charge in [0.2, 0.25) is 5.91 Å². The van der Waals surface area contributed by atoms with Crippen molar-refractivity contribution in [3.05, 3.63) is 45.1 Å². The maximum atomic E-state index is 13.2. The van der Waals surface area contributed by atoms with Gasteiger partial charge in [0.05, 0.1) is 16.0 Å². The topological polar surface area (TPSA) is 114 Å². The highest BCUT2D eigenvalue weighted by atomic mass is 32.2. The number of carbonyl (C=O) groups is 1. The van der Waals surface area contributed by atoms with E-state index >= 15 is 0 Å². The quantitative estimate of drug-likeness (QED) is 0.498. The predicted octanol–water partition coefficient (Wildman–Crippen LogP) is 3.17. The number of thiazole rings is 1. The first kappa shape index (κ1) is 23.1. The number of fused-ring (bicyclic) bond motifs is 1. The molecule has 10 heteroatoms. The molecule has 0 aliphatic rings. The fourth-order valence-electron chi connectivity index (χ4n) is 3.18. The summed E-state index contributed by atoms with van der Waals surface area (Å²) in [6.07, 6.45) is 0. The highest BCUT2D eigenvalue weighted by Crippen LogP contribution is 2.30. The Balaban J connectivity index is 1.91. The largest absolute Gasteiger partial charge is 0.383 e. The number of nitrogen functional groups attached to an aromatic ring is 1. The fraction of sp³-hybridized carbons (Fsp3) is 0.429. The van der Waals surface area contributed by atoms with E-state index in [-0.39, 0.29) is 35.0 Å². The van der Waals surface area contributed by atoms with Gasteiger partial charge in [0, 0.05) is 13.1 Å². The number of nitrogens with two attached hydrogens (primary N) is 1. The van der Waals surface area contributed by atoms with E-state index in [9.17, 15) is 14.4 Å². The zero-order valence-corrected chi connectivity index (χ0v) is 19.7. The van der Waals surface area contributed by atoms with E-state index in [0.717, 1.165) is 14.6 Å². The van der Waals surface area contributed by atoms with Gasteiger partial charge in [0.1, 0.15) is 5.82 Å². The van der Waals surface area contributed by atoms with Crippen LogP contribution in [0.25, 0.3) is 10.2 Å². The van der Waals surface area contributed by atoms with E-state index in [1.807, 2.05) is 52.0 Å². The highest BCUT2D eigenvalue weighted by Gasteiger charge is 2.25. The molecule has 0 aliphatic carbocycles. The maximum Gasteiger partial charge on any atom is 0.330 e. The van der Waals surface area contributed by atoms with Crippen molar-refractivity contribution in [2.75, 3.05) is 22.9 Å². The first-order valence-corrected chi connectivity index (χ1v) is 11.9. The summed E-state index contributed by atoms with van der Waals surface area (Å²) in [5, 5.41) is 0. The number of nitrogens with one attached hydrogen (secondary N) is 1. The van der Waals surface area contributed by atoms with Gasteiger partial charge in [0.25, 0.3) is 5.56 Å². The van der Waals surface area contributed by atoms with Crippen LogP contribution in [0.2, 0.25) is 0 Å². The average molecular weight is 462 g/mol. The number of amides is 1. The molecular formula is C21H27N5O3S2. The van der Waals surface area contributed by atoms with Gasteiger partial charge in [-0.3, -0.25) is 19.1 Å². The van der Waals surface area contributed by atoms with Crippen molar-refractivity contribution in [3.63, 3.8) is 0 Å². The Bertz CT molecular complexity index is 1160. The van der Waals surface area contributed by atoms with Gasteiger partial charge in [-0.2, -0.15) is 0 Å². The number of benzene rings is 1. The van der Waals surface area contributed by atoms with E-state index in [0.29, 0.717) is 13.1 Å². The molecule has 0 aliphatic heterocycles. The number of hydrogen-bond donors (Lipinski definition) is 2. The molecule has 31 heavy (non-hydrogen) atoms. The summed E-state index contributed by atoms with van der Waals surface area (Å²) in [6, 6.07) is 7.79. The number of anilines is 2. The Kier molecular flexibility index (Phi) is 7.22. The van der Waals surface area contributed by atoms with Crippen molar-refractivity contribution in [1.82, 2.24) is 14.5 Å². The molecule has 1 aromatic carbocycles. The molecule has 3 N–H and O–H groups in total. The van der Waals surface area contributed by atoms with Crippen LogP contribution in [0.1, 0.15) is 27.7 Å². The normalized spacial score (nSPS) is 11.5. The van der Waals surface area contributed by atoms with Gasteiger partial charge >= 0.3 is 5.69 Å². The standard InChI is InChI=1S/C21H27N5O3S2/c1-12(2)9-25(17-18(22)26(10-13(3)4)20(29)24-19(17)28)16(27)11-30-21-23-14-7-5-6-8-15(14)31-21/h5-8,12-13H,9-11,22H2,1-4H3,(H,24,28,29). The molecule has 3 aromatic rings. The lowest BCUT2D eigenvalue weighted by molar-refractivity contribution is -0.116. The summed E-state index contributed by atoms with van der Waals surface area (Å²) in [5.41, 5.74) is 5.94. The first-order chi connectivity index (χ1) is 14.7. The second-order valence-electron chi connectivity index (χ2n) is 8.13. The van der Waals surface area contributed by atoms with Crippen molar-refractivity contribution >= 4 is 50.7 Å². The van der Waals surface area contributed by atoms with Crippen molar-refractivity contribution in [3.8, 4) is 0 Å². The lowest BCUT2D eigenvalue weighted by atomic mass is 10.2. The molecule has 2 aromatic heterocycles. The SMILES string of the molecule is CC(C)CN(C(=O)CSc1nc2ccccc2s1)c1c(N)n(CC(C)C)c(=O)[nH]c1=O. The Hall–Kier alpha value is -2.59. The summed E-state index contributed by atoms with van der Waals surface area (Å²) < 4.78 is 3.16. The summed E-state index contributed by atoms with van der Waals surface area (Å²) in [5.74, 6) is 0.101. The number of aromatic amines is 1. The van der Waals surface area contributed by atoms with Crippen LogP contribution in [-0.4, -0.2) is 32.7 Å². The number of rotatable bonds is 8. The van der Waals surface area contributed by atoms with Gasteiger partial charge < -0.3 is 10.6 Å². The van der Waals surface area contributed by atoms with Gasteiger partial charge in [-0.15, -0.1) is 11.3 Å². The summed E-state index contributed by atoms with van der Waals surface area (Å²) in [7, 11) is 0. The van der Waals surface area contributed by atoms with Gasteiger partial charge in [-0.25, -0.2) is 9.78 Å². The number of thioether (sulfide) groups is 1. The lowest BCUT2D eigenvalue weighted by Gasteiger charge is -2.26. The van der Waals surface area contributed by atoms with Gasteiger partial charge in [0.15, 0.2) is 10.0 Å². The molecule has 2 heterocycles. The molecule has 8 nitrogen and oxygen atoms in total. The predicted molar refractivity (Wildman–Crippen MR) is 128 cm³/mol. The summed E-state index contributed by atoms with van der Waals surface area (Å²) in [6.45, 7) is 8.46. The smallest absolute Gasteiger partial charge is 0.330 e. The molecule has 0 bridgehead atoms. The fourth-order valence-corrected chi connectivity index (χ4v) is 5.13. The number of H-pyrrole nitrogens is 1. The monoisotopic (exact) mass is 461 g/mol. The molecule has 0 spiro atoms. The van der Waals surface area contributed by atoms with Gasteiger partial charge in [-0.1, -0.05) is 51.6 Å². The molecule has 0 atom stereocenters. The maximum absolute atomic E-state index is 13.2. The molecule has 0 fully saturated rings. The van der Waals surface area contributed by atoms with Crippen LogP contribution in [0, 0.1) is 11.8 Å². The number of nitrogens with zero attached hydrogens (tertiary/aromatic N) is 3. The third-order valence-corrected chi connectivity index (χ3v) is 6.64. The van der Waals surface area contributed by atoms with Crippen molar-refractivity contribution in [2.45, 2.75) is 38.6 Å². The Morgan fingerprint density at radius 2 is 1.94 bits per heavy atom. The third-order valence-electron chi connectivity index (χ3n) is 4.47. The van der Waals surface area contributed by atoms with E-state index in [1.165, 1.54) is 32.6 Å². The van der Waals surface area contributed by atoms with Crippen LogP contribution in [-0.2, 0) is 11.3 Å². The molecule has 1 amide bonds. The Labute approximate surface area is 188 Å². The van der Waals surface area contributed by atoms with Crippen LogP contribution in [0.4, 0.5) is 11.5 Å². The molecular weight excluding hydrogens is 434 g/mol. The molecule has 3 rings (SSSR count). The Morgan fingerprint density at radius 3 is 2.58 bits per heavy atom. The summed E-state index contributed by atoms with van der Waals surface area (Å²) >= 11 is 2.85. The number of hydrogen-bond acceptors (Lipinski definition) is 7. The minimum atomic E-state index is -0.651. The average Bonchev–Trinajstić information content (AvgIpc) is 3.11. The number of carbonyl (C=O) groups excluding carboxylic acids is 1. The first-order valence-electron chi connectivity index (χ1n) is 10.1. The number of para-hydroxylation sites is 1. The molecule has 0 saturated heterocycles. The summed E-state index contributed by atoms with van der Waals surface area (Å²) in [4.78, 5) is 46.4. The minimum Gasteiger partial charge on any atom is -0.383 e. The van der Waals surface area contributed by atoms with E-state index < -0.39 is 11.2 Å². The van der Waals surface area contributed by atoms with Crippen molar-refractivity contribution in [1.29, 1.82) is 0 Å². The van der Waals surface area contributed by atoms with Crippen LogP contribution in [0.15, 0.2) is 38.2 Å². The van der Waals surface area contributed by atoms with E-state index in [4.69, 9.17) is 5.73 Å². The van der Waals surface area contributed by atoms with E-state index in [1.54, 1.807) is 0 Å². The van der Waals surface area contributed by atoms with E-state index in [2.05, 4.69) is 9.97 Å². The highest BCUT2D eigenvalue weighted by molar-refractivity contribution is 8.01.